The molecule has 1 aromatic heterocycles. The summed E-state index contributed by atoms with van der Waals surface area (Å²) in [6.45, 7) is 9.19. The minimum Gasteiger partial charge on any atom is -0.387 e. The van der Waals surface area contributed by atoms with Crippen molar-refractivity contribution in [2.24, 2.45) is 0 Å². The molecule has 2 rings (SSSR count). The first-order valence-electron chi connectivity index (χ1n) is 6.65. The van der Waals surface area contributed by atoms with Crippen LogP contribution in [0.3, 0.4) is 0 Å². The molecule has 0 radical (unpaired) electrons. The van der Waals surface area contributed by atoms with Crippen LogP contribution < -0.4 is 0 Å². The van der Waals surface area contributed by atoms with Crippen molar-refractivity contribution in [1.82, 2.24) is 14.7 Å². The minimum atomic E-state index is -0.479. The third kappa shape index (κ3) is 2.56. The third-order valence-electron chi connectivity index (χ3n) is 3.58. The van der Waals surface area contributed by atoms with E-state index in [0.29, 0.717) is 0 Å². The number of aromatic nitrogens is 2. The van der Waals surface area contributed by atoms with Crippen LogP contribution in [0, 0.1) is 6.92 Å². The second-order valence-electron chi connectivity index (χ2n) is 5.28. The largest absolute Gasteiger partial charge is 0.387 e. The van der Waals surface area contributed by atoms with E-state index >= 15 is 0 Å². The molecular weight excluding hydrogens is 250 g/mol. The molecule has 1 aliphatic rings. The fraction of sp³-hybridized carbons (Fsp3) is 0.769. The molecule has 1 fully saturated rings. The Kier molecular flexibility index (Phi) is 3.99. The van der Waals surface area contributed by atoms with Gasteiger partial charge < -0.3 is 5.11 Å². The van der Waals surface area contributed by atoms with E-state index < -0.39 is 5.60 Å². The monoisotopic (exact) mass is 271 g/mol. The van der Waals surface area contributed by atoms with Crippen molar-refractivity contribution in [2.45, 2.75) is 52.3 Å². The molecule has 2 heterocycles. The summed E-state index contributed by atoms with van der Waals surface area (Å²) in [7, 11) is 0. The lowest BCUT2D eigenvalue weighted by molar-refractivity contribution is -0.107. The molecular formula is C13H22ClN3O. The van der Waals surface area contributed by atoms with Crippen LogP contribution >= 0.6 is 11.6 Å². The van der Waals surface area contributed by atoms with Gasteiger partial charge in [-0.15, -0.1) is 0 Å². The van der Waals surface area contributed by atoms with Gasteiger partial charge in [-0.25, -0.2) is 0 Å². The molecule has 4 nitrogen and oxygen atoms in total. The van der Waals surface area contributed by atoms with Gasteiger partial charge in [0.25, 0.3) is 0 Å². The maximum Gasteiger partial charge on any atom is 0.0900 e. The van der Waals surface area contributed by atoms with Gasteiger partial charge in [0.05, 0.1) is 22.0 Å². The van der Waals surface area contributed by atoms with E-state index in [1.165, 1.54) is 0 Å². The van der Waals surface area contributed by atoms with Crippen molar-refractivity contribution in [1.29, 1.82) is 0 Å². The maximum absolute atomic E-state index is 10.2. The van der Waals surface area contributed by atoms with Gasteiger partial charge in [-0.1, -0.05) is 24.9 Å². The second kappa shape index (κ2) is 5.19. The average Bonchev–Trinajstić information content (AvgIpc) is 2.55. The van der Waals surface area contributed by atoms with Crippen LogP contribution in [0.5, 0.6) is 0 Å². The number of likely N-dealkylation sites (tertiary alicyclic amines) is 1. The van der Waals surface area contributed by atoms with Crippen LogP contribution in [-0.2, 0) is 13.1 Å². The molecule has 0 saturated carbocycles. The fourth-order valence-corrected chi connectivity index (χ4v) is 2.95. The third-order valence-corrected chi connectivity index (χ3v) is 4.07. The molecule has 102 valence electrons. The van der Waals surface area contributed by atoms with E-state index in [-0.39, 0.29) is 0 Å². The molecule has 0 aliphatic carbocycles. The van der Waals surface area contributed by atoms with Gasteiger partial charge in [0.15, 0.2) is 0 Å². The zero-order valence-corrected chi connectivity index (χ0v) is 12.2. The first-order valence-corrected chi connectivity index (χ1v) is 7.03. The van der Waals surface area contributed by atoms with E-state index in [2.05, 4.69) is 23.8 Å². The van der Waals surface area contributed by atoms with Gasteiger partial charge in [-0.3, -0.25) is 9.58 Å². The first kappa shape index (κ1) is 13.8. The molecule has 0 spiro atoms. The standard InChI is InChI=1S/C13H22ClN3O/c1-4-6-13(18)8-16(9-13)7-11-12(14)10(3)15-17(11)5-2/h18H,4-9H2,1-3H3. The number of aliphatic hydroxyl groups is 1. The van der Waals surface area contributed by atoms with E-state index in [1.54, 1.807) is 0 Å². The van der Waals surface area contributed by atoms with E-state index in [0.717, 1.165) is 55.4 Å². The Labute approximate surface area is 114 Å². The summed E-state index contributed by atoms with van der Waals surface area (Å²) in [4.78, 5) is 2.23. The summed E-state index contributed by atoms with van der Waals surface area (Å²) in [6, 6.07) is 0. The summed E-state index contributed by atoms with van der Waals surface area (Å²) < 4.78 is 1.95. The van der Waals surface area contributed by atoms with Crippen molar-refractivity contribution < 1.29 is 5.11 Å². The number of β-amino-alcohol motifs (C(OH)–C–C–N with tert-alkyl or cyclic N) is 1. The Morgan fingerprint density at radius 2 is 2.06 bits per heavy atom. The van der Waals surface area contributed by atoms with Crippen LogP contribution in [0.4, 0.5) is 0 Å². The van der Waals surface area contributed by atoms with Gasteiger partial charge in [0, 0.05) is 26.2 Å². The number of aryl methyl sites for hydroxylation is 2. The summed E-state index contributed by atoms with van der Waals surface area (Å²) >= 11 is 6.28. The summed E-state index contributed by atoms with van der Waals surface area (Å²) in [5.41, 5.74) is 1.47. The predicted octanol–water partition coefficient (Wildman–Crippen LogP) is 2.21. The predicted molar refractivity (Wildman–Crippen MR) is 72.8 cm³/mol. The average molecular weight is 272 g/mol. The Morgan fingerprint density at radius 3 is 2.61 bits per heavy atom. The number of hydrogen-bond donors (Lipinski definition) is 1. The highest BCUT2D eigenvalue weighted by Gasteiger charge is 2.40. The maximum atomic E-state index is 10.2. The molecule has 18 heavy (non-hydrogen) atoms. The topological polar surface area (TPSA) is 41.3 Å². The van der Waals surface area contributed by atoms with E-state index in [4.69, 9.17) is 11.6 Å². The van der Waals surface area contributed by atoms with Crippen LogP contribution in [0.25, 0.3) is 0 Å². The van der Waals surface area contributed by atoms with Crippen molar-refractivity contribution in [3.63, 3.8) is 0 Å². The molecule has 0 atom stereocenters. The number of halogens is 1. The lowest BCUT2D eigenvalue weighted by Crippen LogP contribution is -2.61. The quantitative estimate of drug-likeness (QED) is 0.893. The van der Waals surface area contributed by atoms with Crippen LogP contribution in [-0.4, -0.2) is 38.5 Å². The Morgan fingerprint density at radius 1 is 1.39 bits per heavy atom. The van der Waals surface area contributed by atoms with Gasteiger partial charge >= 0.3 is 0 Å². The molecule has 0 aromatic carbocycles. The highest BCUT2D eigenvalue weighted by atomic mass is 35.5. The smallest absolute Gasteiger partial charge is 0.0900 e. The number of nitrogens with zero attached hydrogens (tertiary/aromatic N) is 3. The van der Waals surface area contributed by atoms with E-state index in [9.17, 15) is 5.11 Å². The zero-order valence-electron chi connectivity index (χ0n) is 11.4. The molecule has 0 amide bonds. The van der Waals surface area contributed by atoms with Crippen molar-refractivity contribution >= 4 is 11.6 Å². The van der Waals surface area contributed by atoms with E-state index in [1.807, 2.05) is 11.6 Å². The van der Waals surface area contributed by atoms with Crippen LogP contribution in [0.15, 0.2) is 0 Å². The fourth-order valence-electron chi connectivity index (χ4n) is 2.75. The van der Waals surface area contributed by atoms with Crippen molar-refractivity contribution in [3.05, 3.63) is 16.4 Å². The van der Waals surface area contributed by atoms with Crippen LogP contribution in [0.1, 0.15) is 38.1 Å². The van der Waals surface area contributed by atoms with Gasteiger partial charge in [0.2, 0.25) is 0 Å². The second-order valence-corrected chi connectivity index (χ2v) is 5.66. The first-order chi connectivity index (χ1) is 8.49. The highest BCUT2D eigenvalue weighted by Crippen LogP contribution is 2.29. The number of rotatable bonds is 5. The number of hydrogen-bond acceptors (Lipinski definition) is 3. The zero-order chi connectivity index (χ0) is 13.3. The highest BCUT2D eigenvalue weighted by molar-refractivity contribution is 6.31. The molecule has 0 unspecified atom stereocenters. The molecule has 1 aliphatic heterocycles. The molecule has 1 saturated heterocycles. The van der Waals surface area contributed by atoms with Crippen molar-refractivity contribution in [2.75, 3.05) is 13.1 Å². The lowest BCUT2D eigenvalue weighted by atomic mass is 9.89. The molecule has 1 aromatic rings. The Bertz CT molecular complexity index is 424. The Balaban J connectivity index is 2.00. The van der Waals surface area contributed by atoms with Gasteiger partial charge in [-0.05, 0) is 20.3 Å². The van der Waals surface area contributed by atoms with Gasteiger partial charge in [-0.2, -0.15) is 5.10 Å². The van der Waals surface area contributed by atoms with Crippen molar-refractivity contribution in [3.8, 4) is 0 Å². The lowest BCUT2D eigenvalue weighted by Gasteiger charge is -2.46. The SMILES string of the molecule is CCCC1(O)CN(Cc2c(Cl)c(C)nn2CC)C1. The normalized spacial score (nSPS) is 18.9. The summed E-state index contributed by atoms with van der Waals surface area (Å²) in [5.74, 6) is 0. The van der Waals surface area contributed by atoms with Gasteiger partial charge in [0.1, 0.15) is 0 Å². The summed E-state index contributed by atoms with van der Waals surface area (Å²) in [5, 5.41) is 15.3. The summed E-state index contributed by atoms with van der Waals surface area (Å²) in [6.07, 6.45) is 1.90. The minimum absolute atomic E-state index is 0.479. The van der Waals surface area contributed by atoms with Crippen LogP contribution in [0.2, 0.25) is 5.02 Å². The molecule has 5 heteroatoms. The molecule has 0 bridgehead atoms. The Hall–Kier alpha value is -0.580. The molecule has 1 N–H and O–H groups in total.